The van der Waals surface area contributed by atoms with Gasteiger partial charge in [-0.15, -0.1) is 0 Å². The van der Waals surface area contributed by atoms with Crippen molar-refractivity contribution >= 4 is 41.0 Å². The minimum Gasteiger partial charge on any atom is -0.315 e. The number of nitrogens with two attached hydrogens (primary N) is 1. The first kappa shape index (κ1) is 14.7. The minimum atomic E-state index is -0.569. The van der Waals surface area contributed by atoms with Gasteiger partial charge in [0.2, 0.25) is 0 Å². The Balaban J connectivity index is 1.95. The average molecular weight is 330 g/mol. The summed E-state index contributed by atoms with van der Waals surface area (Å²) in [5.41, 5.74) is 9.46. The Hall–Kier alpha value is -2.21. The van der Waals surface area contributed by atoms with Gasteiger partial charge in [0.15, 0.2) is 0 Å². The molecule has 0 radical (unpaired) electrons. The third kappa shape index (κ3) is 2.50. The summed E-state index contributed by atoms with van der Waals surface area (Å²) < 4.78 is 0.507. The number of benzene rings is 1. The molecule has 3 N–H and O–H groups in total. The average Bonchev–Trinajstić information content (AvgIpc) is 2.83. The van der Waals surface area contributed by atoms with Gasteiger partial charge in [0.25, 0.3) is 11.8 Å². The number of thioether (sulfide) groups is 2. The summed E-state index contributed by atoms with van der Waals surface area (Å²) in [5, 5.41) is 11.1. The molecule has 110 valence electrons. The Morgan fingerprint density at radius 2 is 2.00 bits per heavy atom. The lowest BCUT2D eigenvalue weighted by Crippen LogP contribution is -2.35. The molecule has 1 aromatic rings. The van der Waals surface area contributed by atoms with Crippen LogP contribution in [-0.4, -0.2) is 17.2 Å². The first-order valence-electron chi connectivity index (χ1n) is 6.25. The Morgan fingerprint density at radius 1 is 1.27 bits per heavy atom. The molecule has 2 amide bonds. The number of hydrogen-bond donors (Lipinski definition) is 2. The van der Waals surface area contributed by atoms with Crippen LogP contribution in [0.3, 0.4) is 0 Å². The largest absolute Gasteiger partial charge is 0.315 e. The number of anilines is 1. The number of hydrogen-bond acceptors (Lipinski definition) is 6. The summed E-state index contributed by atoms with van der Waals surface area (Å²) in [7, 11) is 0. The molecule has 0 aromatic heterocycles. The molecule has 1 saturated heterocycles. The molecular weight excluding hydrogens is 320 g/mol. The fourth-order valence-electron chi connectivity index (χ4n) is 1.95. The zero-order valence-corrected chi connectivity index (χ0v) is 12.8. The Bertz CT molecular complexity index is 752. The summed E-state index contributed by atoms with van der Waals surface area (Å²) in [6, 6.07) is 10.8. The van der Waals surface area contributed by atoms with Crippen molar-refractivity contribution in [2.75, 3.05) is 5.01 Å². The van der Waals surface area contributed by atoms with Crippen LogP contribution in [0, 0.1) is 11.3 Å². The third-order valence-corrected chi connectivity index (χ3v) is 5.33. The van der Waals surface area contributed by atoms with Gasteiger partial charge in [-0.25, -0.2) is 5.01 Å². The molecule has 1 aromatic carbocycles. The fourth-order valence-corrected chi connectivity index (χ4v) is 4.23. The molecule has 2 aliphatic rings. The summed E-state index contributed by atoms with van der Waals surface area (Å²) >= 11 is 2.31. The van der Waals surface area contributed by atoms with Crippen molar-refractivity contribution in [1.82, 2.24) is 5.43 Å². The van der Waals surface area contributed by atoms with Gasteiger partial charge in [-0.3, -0.25) is 15.0 Å². The van der Waals surface area contributed by atoms with Crippen molar-refractivity contribution < 1.29 is 9.59 Å². The van der Waals surface area contributed by atoms with Crippen LogP contribution in [0.2, 0.25) is 0 Å². The van der Waals surface area contributed by atoms with Crippen LogP contribution >= 0.6 is 23.5 Å². The maximum Gasteiger partial charge on any atom is 0.284 e. The van der Waals surface area contributed by atoms with Crippen molar-refractivity contribution in [2.24, 2.45) is 5.73 Å². The van der Waals surface area contributed by atoms with E-state index in [-0.39, 0.29) is 5.57 Å². The summed E-state index contributed by atoms with van der Waals surface area (Å²) in [5.74, 6) is -0.892. The number of nitrogens with zero attached hydrogens (tertiary/aromatic N) is 2. The number of nitriles is 1. The molecule has 8 heteroatoms. The molecule has 2 aliphatic heterocycles. The van der Waals surface area contributed by atoms with Crippen molar-refractivity contribution in [1.29, 1.82) is 5.26 Å². The quantitative estimate of drug-likeness (QED) is 0.597. The van der Waals surface area contributed by atoms with E-state index < -0.39 is 17.2 Å². The molecule has 1 fully saturated rings. The van der Waals surface area contributed by atoms with E-state index in [1.807, 2.05) is 12.1 Å². The van der Waals surface area contributed by atoms with E-state index in [4.69, 9.17) is 11.0 Å². The lowest BCUT2D eigenvalue weighted by molar-refractivity contribution is -0.117. The van der Waals surface area contributed by atoms with Gasteiger partial charge >= 0.3 is 0 Å². The standard InChI is InChI=1S/C14H10N4O2S2/c15-6-8-7-21-14(22-11(8)16)10-12(19)17-18(13(10)20)9-4-2-1-3-5-9/h1-5,7,11H,16H2,(H,17,19)/t11-/m0/s1. The number of carbonyl (C=O) groups is 2. The number of hydrazine groups is 1. The van der Waals surface area contributed by atoms with Crippen molar-refractivity contribution in [3.05, 3.63) is 51.1 Å². The zero-order chi connectivity index (χ0) is 15.7. The predicted molar refractivity (Wildman–Crippen MR) is 86.0 cm³/mol. The van der Waals surface area contributed by atoms with Crippen LogP contribution in [0.15, 0.2) is 51.1 Å². The van der Waals surface area contributed by atoms with E-state index in [0.717, 1.165) is 11.8 Å². The van der Waals surface area contributed by atoms with Gasteiger partial charge in [0.05, 0.1) is 26.9 Å². The highest BCUT2D eigenvalue weighted by atomic mass is 32.2. The van der Waals surface area contributed by atoms with Gasteiger partial charge < -0.3 is 5.73 Å². The SMILES string of the molecule is N#CC1=CSC(=C2C(=O)NN(c3ccccc3)C2=O)S[C@@H]1N. The van der Waals surface area contributed by atoms with Gasteiger partial charge in [-0.2, -0.15) is 5.26 Å². The molecule has 6 nitrogen and oxygen atoms in total. The molecular formula is C14H10N4O2S2. The van der Waals surface area contributed by atoms with E-state index >= 15 is 0 Å². The Morgan fingerprint density at radius 3 is 2.64 bits per heavy atom. The van der Waals surface area contributed by atoms with Crippen LogP contribution < -0.4 is 16.2 Å². The second kappa shape index (κ2) is 5.88. The normalized spacial score (nSPS) is 24.8. The van der Waals surface area contributed by atoms with E-state index in [1.54, 1.807) is 29.7 Å². The monoisotopic (exact) mass is 330 g/mol. The van der Waals surface area contributed by atoms with Crippen molar-refractivity contribution in [3.63, 3.8) is 0 Å². The fraction of sp³-hybridized carbons (Fsp3) is 0.0714. The summed E-state index contributed by atoms with van der Waals surface area (Å²) in [4.78, 5) is 24.6. The van der Waals surface area contributed by atoms with Crippen molar-refractivity contribution in [2.45, 2.75) is 5.37 Å². The van der Waals surface area contributed by atoms with Crippen LogP contribution in [0.5, 0.6) is 0 Å². The maximum atomic E-state index is 12.5. The molecule has 1 atom stereocenters. The highest BCUT2D eigenvalue weighted by molar-refractivity contribution is 8.24. The second-order valence-corrected chi connectivity index (χ2v) is 6.71. The van der Waals surface area contributed by atoms with Crippen LogP contribution in [0.25, 0.3) is 0 Å². The lowest BCUT2D eigenvalue weighted by Gasteiger charge is -2.18. The number of nitrogens with one attached hydrogen (secondary N) is 1. The maximum absolute atomic E-state index is 12.5. The molecule has 2 heterocycles. The summed E-state index contributed by atoms with van der Waals surface area (Å²) in [6.45, 7) is 0. The molecule has 0 spiro atoms. The molecule has 0 aliphatic carbocycles. The molecule has 0 saturated carbocycles. The van der Waals surface area contributed by atoms with Crippen LogP contribution in [-0.2, 0) is 9.59 Å². The zero-order valence-electron chi connectivity index (χ0n) is 11.1. The molecule has 22 heavy (non-hydrogen) atoms. The first-order valence-corrected chi connectivity index (χ1v) is 8.01. The predicted octanol–water partition coefficient (Wildman–Crippen LogP) is 1.45. The molecule has 0 unspecified atom stereocenters. The van der Waals surface area contributed by atoms with E-state index in [9.17, 15) is 9.59 Å². The van der Waals surface area contributed by atoms with Crippen LogP contribution in [0.4, 0.5) is 5.69 Å². The molecule has 3 rings (SSSR count). The van der Waals surface area contributed by atoms with E-state index in [1.165, 1.54) is 16.8 Å². The second-order valence-electron chi connectivity index (χ2n) is 4.42. The Labute approximate surface area is 135 Å². The van der Waals surface area contributed by atoms with Gasteiger partial charge in [-0.1, -0.05) is 41.7 Å². The number of amides is 2. The van der Waals surface area contributed by atoms with E-state index in [0.29, 0.717) is 15.5 Å². The molecule has 0 bridgehead atoms. The lowest BCUT2D eigenvalue weighted by atomic mass is 10.2. The minimum absolute atomic E-state index is 0.0579. The van der Waals surface area contributed by atoms with Gasteiger partial charge in [-0.05, 0) is 17.5 Å². The Kier molecular flexibility index (Phi) is 3.94. The van der Waals surface area contributed by atoms with Gasteiger partial charge in [0, 0.05) is 0 Å². The highest BCUT2D eigenvalue weighted by Gasteiger charge is 2.38. The number of rotatable bonds is 1. The number of para-hydroxylation sites is 1. The van der Waals surface area contributed by atoms with E-state index in [2.05, 4.69) is 5.43 Å². The third-order valence-electron chi connectivity index (χ3n) is 3.04. The smallest absolute Gasteiger partial charge is 0.284 e. The topological polar surface area (TPSA) is 99.2 Å². The van der Waals surface area contributed by atoms with Crippen LogP contribution in [0.1, 0.15) is 0 Å². The first-order chi connectivity index (χ1) is 10.6. The van der Waals surface area contributed by atoms with Crippen molar-refractivity contribution in [3.8, 4) is 6.07 Å². The highest BCUT2D eigenvalue weighted by Crippen LogP contribution is 2.42. The van der Waals surface area contributed by atoms with Gasteiger partial charge in [0.1, 0.15) is 5.57 Å². The number of carbonyl (C=O) groups excluding carboxylic acids is 2. The summed E-state index contributed by atoms with van der Waals surface area (Å²) in [6.07, 6.45) is 0.